The summed E-state index contributed by atoms with van der Waals surface area (Å²) >= 11 is 0. The first-order chi connectivity index (χ1) is 23.3. The summed E-state index contributed by atoms with van der Waals surface area (Å²) in [6, 6.07) is 65.8. The van der Waals surface area contributed by atoms with E-state index < -0.39 is 5.41 Å². The zero-order valence-electron chi connectivity index (χ0n) is 25.9. The molecule has 2 nitrogen and oxygen atoms in total. The SMILES string of the molecule is c1ccc(C(=NCc2cccc(C3(c4ccccc4)c4ccccc4-n4c5ccccc5c5cccc3c54)c2)c2ccccc2)cc1. The molecule has 222 valence electrons. The van der Waals surface area contributed by atoms with Gasteiger partial charge in [0.1, 0.15) is 0 Å². The summed E-state index contributed by atoms with van der Waals surface area (Å²) in [6.45, 7) is 0.573. The van der Waals surface area contributed by atoms with Crippen molar-refractivity contribution in [1.29, 1.82) is 0 Å². The van der Waals surface area contributed by atoms with Gasteiger partial charge in [-0.25, -0.2) is 0 Å². The topological polar surface area (TPSA) is 17.3 Å². The summed E-state index contributed by atoms with van der Waals surface area (Å²) < 4.78 is 2.48. The van der Waals surface area contributed by atoms with Crippen molar-refractivity contribution in [3.8, 4) is 5.69 Å². The highest BCUT2D eigenvalue weighted by Crippen LogP contribution is 2.54. The van der Waals surface area contributed by atoms with Gasteiger partial charge in [0, 0.05) is 21.9 Å². The standard InChI is InChI=1S/C45H32N2/c1-4-17-33(18-5-1)43(34-19-6-2-7-20-34)46-31-32-16-14-23-36(30-32)45(35-21-8-3-9-22-35)39-26-11-13-29-42(39)47-41-28-12-10-24-37(41)38-25-15-27-40(45)44(38)47/h1-30H,31H2. The predicted molar refractivity (Wildman–Crippen MR) is 195 cm³/mol. The molecule has 0 saturated heterocycles. The molecule has 1 atom stereocenters. The minimum absolute atomic E-state index is 0.525. The van der Waals surface area contributed by atoms with Gasteiger partial charge in [0.25, 0.3) is 0 Å². The summed E-state index contributed by atoms with van der Waals surface area (Å²) in [6.07, 6.45) is 0. The molecule has 0 radical (unpaired) electrons. The van der Waals surface area contributed by atoms with Gasteiger partial charge in [-0.15, -0.1) is 0 Å². The van der Waals surface area contributed by atoms with Gasteiger partial charge in [-0.2, -0.15) is 0 Å². The van der Waals surface area contributed by atoms with Crippen molar-refractivity contribution in [2.75, 3.05) is 0 Å². The summed E-state index contributed by atoms with van der Waals surface area (Å²) in [7, 11) is 0. The quantitative estimate of drug-likeness (QED) is 0.169. The van der Waals surface area contributed by atoms with Crippen LogP contribution in [0.4, 0.5) is 0 Å². The van der Waals surface area contributed by atoms with Crippen LogP contribution in [0.3, 0.4) is 0 Å². The normalized spacial score (nSPS) is 15.0. The molecule has 7 aromatic carbocycles. The molecule has 1 aliphatic rings. The van der Waals surface area contributed by atoms with Crippen molar-refractivity contribution < 1.29 is 0 Å². The molecule has 1 aliphatic heterocycles. The van der Waals surface area contributed by atoms with Crippen molar-refractivity contribution in [1.82, 2.24) is 4.57 Å². The van der Waals surface area contributed by atoms with Gasteiger partial charge in [-0.3, -0.25) is 4.99 Å². The molecule has 0 aliphatic carbocycles. The van der Waals surface area contributed by atoms with Gasteiger partial charge in [-0.05, 0) is 39.9 Å². The molecule has 0 amide bonds. The van der Waals surface area contributed by atoms with Crippen LogP contribution in [0.25, 0.3) is 27.5 Å². The Bertz CT molecular complexity index is 2380. The molecule has 1 aromatic heterocycles. The lowest BCUT2D eigenvalue weighted by molar-refractivity contribution is 0.726. The molecule has 0 bridgehead atoms. The van der Waals surface area contributed by atoms with Gasteiger partial charge in [0.15, 0.2) is 0 Å². The Balaban J connectivity index is 1.30. The third-order valence-corrected chi connectivity index (χ3v) is 9.73. The second-order valence-corrected chi connectivity index (χ2v) is 12.3. The molecule has 0 fully saturated rings. The fraction of sp³-hybridized carbons (Fsp3) is 0.0444. The molecule has 2 heteroatoms. The number of hydrogen-bond donors (Lipinski definition) is 0. The van der Waals surface area contributed by atoms with Crippen molar-refractivity contribution in [2.45, 2.75) is 12.0 Å². The lowest BCUT2D eigenvalue weighted by atomic mass is 9.63. The maximum absolute atomic E-state index is 5.28. The van der Waals surface area contributed by atoms with E-state index in [0.717, 1.165) is 16.8 Å². The maximum Gasteiger partial charge on any atom is 0.0742 e. The van der Waals surface area contributed by atoms with E-state index in [-0.39, 0.29) is 0 Å². The van der Waals surface area contributed by atoms with Gasteiger partial charge in [0.2, 0.25) is 0 Å². The second-order valence-electron chi connectivity index (χ2n) is 12.3. The lowest BCUT2D eigenvalue weighted by Crippen LogP contribution is -2.35. The van der Waals surface area contributed by atoms with Crippen LogP contribution in [0.2, 0.25) is 0 Å². The highest BCUT2D eigenvalue weighted by atomic mass is 15.0. The van der Waals surface area contributed by atoms with Gasteiger partial charge < -0.3 is 4.57 Å². The Morgan fingerprint density at radius 3 is 1.83 bits per heavy atom. The van der Waals surface area contributed by atoms with Crippen molar-refractivity contribution in [2.24, 2.45) is 4.99 Å². The summed E-state index contributed by atoms with van der Waals surface area (Å²) in [4.78, 5) is 5.28. The molecule has 9 rings (SSSR count). The Labute approximate surface area is 274 Å². The number of fused-ring (bicyclic) bond motifs is 5. The molecule has 8 aromatic rings. The smallest absolute Gasteiger partial charge is 0.0742 e. The fourth-order valence-corrected chi connectivity index (χ4v) is 7.79. The molecule has 2 heterocycles. The molecule has 0 spiro atoms. The first kappa shape index (κ1) is 27.3. The minimum Gasteiger partial charge on any atom is -0.309 e. The van der Waals surface area contributed by atoms with E-state index in [4.69, 9.17) is 4.99 Å². The molecule has 0 saturated carbocycles. The Morgan fingerprint density at radius 1 is 0.489 bits per heavy atom. The van der Waals surface area contributed by atoms with Crippen molar-refractivity contribution >= 4 is 27.5 Å². The van der Waals surface area contributed by atoms with Gasteiger partial charge in [0.05, 0.1) is 34.4 Å². The van der Waals surface area contributed by atoms with Crippen LogP contribution < -0.4 is 0 Å². The number of aromatic nitrogens is 1. The molecule has 0 N–H and O–H groups in total. The van der Waals surface area contributed by atoms with E-state index >= 15 is 0 Å². The second kappa shape index (κ2) is 11.1. The van der Waals surface area contributed by atoms with Crippen LogP contribution >= 0.6 is 0 Å². The van der Waals surface area contributed by atoms with Crippen molar-refractivity contribution in [3.63, 3.8) is 0 Å². The van der Waals surface area contributed by atoms with Crippen LogP contribution in [-0.4, -0.2) is 10.3 Å². The van der Waals surface area contributed by atoms with E-state index in [1.807, 2.05) is 0 Å². The summed E-state index contributed by atoms with van der Waals surface area (Å²) in [5.41, 5.74) is 12.7. The molecule has 1 unspecified atom stereocenters. The highest BCUT2D eigenvalue weighted by molar-refractivity contribution is 6.13. The van der Waals surface area contributed by atoms with E-state index in [1.165, 1.54) is 55.3 Å². The first-order valence-electron chi connectivity index (χ1n) is 16.3. The van der Waals surface area contributed by atoms with E-state index in [2.05, 4.69) is 187 Å². The summed E-state index contributed by atoms with van der Waals surface area (Å²) in [5.74, 6) is 0. The average molecular weight is 601 g/mol. The number of para-hydroxylation sites is 3. The van der Waals surface area contributed by atoms with Gasteiger partial charge >= 0.3 is 0 Å². The first-order valence-corrected chi connectivity index (χ1v) is 16.3. The van der Waals surface area contributed by atoms with Crippen LogP contribution in [0.5, 0.6) is 0 Å². The fourth-order valence-electron chi connectivity index (χ4n) is 7.79. The van der Waals surface area contributed by atoms with E-state index in [0.29, 0.717) is 6.54 Å². The number of benzene rings is 7. The summed E-state index contributed by atoms with van der Waals surface area (Å²) in [5, 5.41) is 2.56. The lowest BCUT2D eigenvalue weighted by Gasteiger charge is -2.41. The maximum atomic E-state index is 5.28. The average Bonchev–Trinajstić information content (AvgIpc) is 3.49. The molecule has 47 heavy (non-hydrogen) atoms. The highest BCUT2D eigenvalue weighted by Gasteiger charge is 2.45. The zero-order valence-corrected chi connectivity index (χ0v) is 25.9. The third kappa shape index (κ3) is 4.22. The number of rotatable bonds is 6. The Kier molecular flexibility index (Phi) is 6.46. The van der Waals surface area contributed by atoms with Crippen LogP contribution in [0.1, 0.15) is 38.9 Å². The van der Waals surface area contributed by atoms with Crippen LogP contribution in [-0.2, 0) is 12.0 Å². The number of nitrogens with zero attached hydrogens (tertiary/aromatic N) is 2. The van der Waals surface area contributed by atoms with Crippen molar-refractivity contribution in [3.05, 3.63) is 221 Å². The van der Waals surface area contributed by atoms with E-state index in [1.54, 1.807) is 0 Å². The minimum atomic E-state index is -0.525. The molecular weight excluding hydrogens is 569 g/mol. The Morgan fingerprint density at radius 2 is 1.06 bits per heavy atom. The zero-order chi connectivity index (χ0) is 31.2. The van der Waals surface area contributed by atoms with E-state index in [9.17, 15) is 0 Å². The van der Waals surface area contributed by atoms with Crippen LogP contribution in [0, 0.1) is 0 Å². The molecular formula is C45H32N2. The third-order valence-electron chi connectivity index (χ3n) is 9.73. The van der Waals surface area contributed by atoms with Crippen LogP contribution in [0.15, 0.2) is 187 Å². The number of aliphatic imine (C=N–C) groups is 1. The van der Waals surface area contributed by atoms with Gasteiger partial charge in [-0.1, -0.05) is 170 Å². The predicted octanol–water partition coefficient (Wildman–Crippen LogP) is 10.5. The largest absolute Gasteiger partial charge is 0.309 e. The Hall–Kier alpha value is -5.99. The monoisotopic (exact) mass is 600 g/mol. The number of hydrogen-bond acceptors (Lipinski definition) is 1.